The van der Waals surface area contributed by atoms with E-state index in [2.05, 4.69) is 19.9 Å². The number of halogens is 1. The van der Waals surface area contributed by atoms with Gasteiger partial charge in [0.1, 0.15) is 10.7 Å². The minimum Gasteiger partial charge on any atom is -0.421 e. The number of hydrogen-bond acceptors (Lipinski definition) is 5. The first kappa shape index (κ1) is 17.2. The van der Waals surface area contributed by atoms with Crippen molar-refractivity contribution in [1.29, 1.82) is 0 Å². The Morgan fingerprint density at radius 2 is 1.84 bits per heavy atom. The van der Waals surface area contributed by atoms with Gasteiger partial charge in [-0.25, -0.2) is 12.8 Å². The number of aryl methyl sites for hydroxylation is 4. The summed E-state index contributed by atoms with van der Waals surface area (Å²) in [4.78, 5) is 3.02. The third kappa shape index (κ3) is 3.14. The van der Waals surface area contributed by atoms with Crippen LogP contribution in [0.1, 0.15) is 22.8 Å². The molecule has 0 spiro atoms. The van der Waals surface area contributed by atoms with Gasteiger partial charge in [-0.05, 0) is 44.5 Å². The minimum atomic E-state index is -3.96. The van der Waals surface area contributed by atoms with Gasteiger partial charge in [-0.3, -0.25) is 4.72 Å². The zero-order chi connectivity index (χ0) is 18.4. The van der Waals surface area contributed by atoms with Crippen LogP contribution < -0.4 is 4.72 Å². The van der Waals surface area contributed by atoms with Gasteiger partial charge in [0.2, 0.25) is 5.89 Å². The fourth-order valence-electron chi connectivity index (χ4n) is 2.69. The zero-order valence-corrected chi connectivity index (χ0v) is 15.0. The predicted molar refractivity (Wildman–Crippen MR) is 90.2 cm³/mol. The lowest BCUT2D eigenvalue weighted by atomic mass is 10.2. The number of aromatic nitrogens is 3. The van der Waals surface area contributed by atoms with E-state index >= 15 is 0 Å². The topological polar surface area (TPSA) is 101 Å². The molecule has 2 aromatic heterocycles. The van der Waals surface area contributed by atoms with Crippen molar-refractivity contribution in [2.24, 2.45) is 0 Å². The Kier molecular flexibility index (Phi) is 4.11. The number of sulfonamides is 1. The van der Waals surface area contributed by atoms with Crippen LogP contribution in [0.2, 0.25) is 0 Å². The van der Waals surface area contributed by atoms with Gasteiger partial charge in [-0.15, -0.1) is 10.2 Å². The average molecular weight is 364 g/mol. The molecule has 7 nitrogen and oxygen atoms in total. The van der Waals surface area contributed by atoms with Crippen molar-refractivity contribution in [3.05, 3.63) is 46.9 Å². The summed E-state index contributed by atoms with van der Waals surface area (Å²) in [6, 6.07) is 3.84. The van der Waals surface area contributed by atoms with E-state index in [-0.39, 0.29) is 10.8 Å². The van der Waals surface area contributed by atoms with Crippen molar-refractivity contribution in [2.75, 3.05) is 4.72 Å². The quantitative estimate of drug-likeness (QED) is 0.740. The van der Waals surface area contributed by atoms with Crippen LogP contribution in [0.15, 0.2) is 27.5 Å². The van der Waals surface area contributed by atoms with E-state index in [0.717, 1.165) is 0 Å². The highest BCUT2D eigenvalue weighted by molar-refractivity contribution is 7.93. The molecular formula is C16H17FN4O3S. The summed E-state index contributed by atoms with van der Waals surface area (Å²) >= 11 is 0. The van der Waals surface area contributed by atoms with Gasteiger partial charge in [-0.1, -0.05) is 0 Å². The maximum atomic E-state index is 13.2. The zero-order valence-electron chi connectivity index (χ0n) is 14.1. The number of rotatable bonds is 4. The van der Waals surface area contributed by atoms with Crippen molar-refractivity contribution in [3.63, 3.8) is 0 Å². The van der Waals surface area contributed by atoms with Gasteiger partial charge in [-0.2, -0.15) is 0 Å². The molecule has 0 radical (unpaired) electrons. The monoisotopic (exact) mass is 364 g/mol. The number of nitrogens with one attached hydrogen (secondary N) is 2. The van der Waals surface area contributed by atoms with Crippen LogP contribution in [0, 0.1) is 33.5 Å². The van der Waals surface area contributed by atoms with Gasteiger partial charge < -0.3 is 9.40 Å². The molecule has 9 heteroatoms. The summed E-state index contributed by atoms with van der Waals surface area (Å²) < 4.78 is 47.1. The lowest BCUT2D eigenvalue weighted by Crippen LogP contribution is -2.15. The number of nitrogens with zero attached hydrogens (tertiary/aromatic N) is 2. The largest absolute Gasteiger partial charge is 0.421 e. The molecule has 0 amide bonds. The minimum absolute atomic E-state index is 0.0253. The summed E-state index contributed by atoms with van der Waals surface area (Å²) in [6.07, 6.45) is 0. The fourth-order valence-corrected chi connectivity index (χ4v) is 4.27. The fraction of sp³-hybridized carbons (Fsp3) is 0.250. The number of H-pyrrole nitrogens is 1. The Bertz CT molecular complexity index is 1050. The van der Waals surface area contributed by atoms with Crippen LogP contribution in [-0.2, 0) is 10.0 Å². The second-order valence-electron chi connectivity index (χ2n) is 5.77. The molecule has 0 saturated heterocycles. The molecule has 2 heterocycles. The van der Waals surface area contributed by atoms with Crippen molar-refractivity contribution >= 4 is 15.7 Å². The van der Waals surface area contributed by atoms with E-state index in [0.29, 0.717) is 34.1 Å². The summed E-state index contributed by atoms with van der Waals surface area (Å²) in [6.45, 7) is 6.62. The Labute approximate surface area is 144 Å². The molecule has 0 saturated carbocycles. The molecule has 3 aromatic rings. The predicted octanol–water partition coefficient (Wildman–Crippen LogP) is 3.24. The Morgan fingerprint density at radius 3 is 2.44 bits per heavy atom. The molecule has 1 aromatic carbocycles. The molecule has 0 unspecified atom stereocenters. The first-order valence-corrected chi connectivity index (χ1v) is 8.96. The van der Waals surface area contributed by atoms with Crippen LogP contribution in [0.4, 0.5) is 10.1 Å². The average Bonchev–Trinajstić information content (AvgIpc) is 3.05. The van der Waals surface area contributed by atoms with Crippen LogP contribution in [-0.4, -0.2) is 23.6 Å². The highest BCUT2D eigenvalue weighted by atomic mass is 32.2. The summed E-state index contributed by atoms with van der Waals surface area (Å²) in [5, 5.41) is 7.68. The normalized spacial score (nSPS) is 11.7. The lowest BCUT2D eigenvalue weighted by molar-refractivity contribution is 0.531. The van der Waals surface area contributed by atoms with Crippen LogP contribution in [0.25, 0.3) is 11.5 Å². The van der Waals surface area contributed by atoms with E-state index in [9.17, 15) is 12.8 Å². The molecule has 0 atom stereocenters. The highest BCUT2D eigenvalue weighted by Gasteiger charge is 2.29. The Balaban J connectivity index is 2.12. The van der Waals surface area contributed by atoms with E-state index < -0.39 is 15.8 Å². The Hall–Kier alpha value is -2.68. The lowest BCUT2D eigenvalue weighted by Gasteiger charge is -2.11. The molecule has 3 rings (SSSR count). The first-order chi connectivity index (χ1) is 11.7. The second kappa shape index (κ2) is 5.99. The van der Waals surface area contributed by atoms with Gasteiger partial charge >= 0.3 is 0 Å². The van der Waals surface area contributed by atoms with Crippen LogP contribution in [0.3, 0.4) is 0 Å². The number of aromatic amines is 1. The van der Waals surface area contributed by atoms with Gasteiger partial charge in [0.25, 0.3) is 15.9 Å². The third-order valence-corrected chi connectivity index (χ3v) is 5.30. The van der Waals surface area contributed by atoms with Gasteiger partial charge in [0.05, 0.1) is 11.3 Å². The highest BCUT2D eigenvalue weighted by Crippen LogP contribution is 2.34. The van der Waals surface area contributed by atoms with E-state index in [1.54, 1.807) is 27.7 Å². The number of hydrogen-bond donors (Lipinski definition) is 2. The van der Waals surface area contributed by atoms with Gasteiger partial charge in [0.15, 0.2) is 0 Å². The van der Waals surface area contributed by atoms with Crippen LogP contribution in [0.5, 0.6) is 0 Å². The summed E-state index contributed by atoms with van der Waals surface area (Å²) in [5.41, 5.74) is 2.13. The van der Waals surface area contributed by atoms with Crippen molar-refractivity contribution < 1.29 is 17.2 Å². The van der Waals surface area contributed by atoms with Gasteiger partial charge in [0, 0.05) is 18.3 Å². The summed E-state index contributed by atoms with van der Waals surface area (Å²) in [7, 11) is -3.96. The van der Waals surface area contributed by atoms with E-state index in [1.807, 2.05) is 0 Å². The molecule has 132 valence electrons. The van der Waals surface area contributed by atoms with Crippen LogP contribution >= 0.6 is 0 Å². The molecule has 0 fully saturated rings. The SMILES string of the molecule is Cc1nnc(-c2c(C)[nH]c(C)c2S(=O)(=O)Nc2ccc(F)cc2C)o1. The molecule has 0 aliphatic rings. The molecule has 2 N–H and O–H groups in total. The standard InChI is InChI=1S/C16H17FN4O3S/c1-8-7-12(17)5-6-13(8)21-25(22,23)15-10(3)18-9(2)14(15)16-20-19-11(4)24-16/h5-7,18,21H,1-4H3. The number of anilines is 1. The molecule has 25 heavy (non-hydrogen) atoms. The third-order valence-electron chi connectivity index (χ3n) is 3.76. The van der Waals surface area contributed by atoms with E-state index in [4.69, 9.17) is 4.42 Å². The molecule has 0 aliphatic carbocycles. The first-order valence-electron chi connectivity index (χ1n) is 7.47. The maximum Gasteiger partial charge on any atom is 0.264 e. The molecule has 0 aliphatic heterocycles. The van der Waals surface area contributed by atoms with Crippen molar-refractivity contribution in [3.8, 4) is 11.5 Å². The molecule has 0 bridgehead atoms. The maximum absolute atomic E-state index is 13.2. The smallest absolute Gasteiger partial charge is 0.264 e. The summed E-state index contributed by atoms with van der Waals surface area (Å²) in [5.74, 6) is 0.0191. The van der Waals surface area contributed by atoms with E-state index in [1.165, 1.54) is 18.2 Å². The van der Waals surface area contributed by atoms with Crippen molar-refractivity contribution in [1.82, 2.24) is 15.2 Å². The molecular weight excluding hydrogens is 347 g/mol. The second-order valence-corrected chi connectivity index (χ2v) is 7.39. The number of benzene rings is 1. The van der Waals surface area contributed by atoms with Crippen molar-refractivity contribution in [2.45, 2.75) is 32.6 Å². The Morgan fingerprint density at radius 1 is 1.12 bits per heavy atom.